The third-order valence-corrected chi connectivity index (χ3v) is 5.30. The molecule has 118 valence electrons. The molecule has 0 amide bonds. The van der Waals surface area contributed by atoms with Crippen molar-refractivity contribution >= 4 is 27.4 Å². The van der Waals surface area contributed by atoms with Gasteiger partial charge in [0.15, 0.2) is 5.79 Å². The first-order chi connectivity index (χ1) is 10.7. The molecule has 0 aliphatic carbocycles. The molecular weight excluding hydrogens is 298 g/mol. The van der Waals surface area contributed by atoms with E-state index in [1.54, 1.807) is 11.3 Å². The second kappa shape index (κ2) is 5.44. The van der Waals surface area contributed by atoms with Gasteiger partial charge in [-0.2, -0.15) is 0 Å². The SMILES string of the molecule is CCc1nc(N2CCC3(CC2)OCC(C)O3)c2ccsc2n1. The fourth-order valence-electron chi connectivity index (χ4n) is 3.31. The molecule has 4 heterocycles. The number of hydrogen-bond donors (Lipinski definition) is 0. The zero-order valence-corrected chi connectivity index (χ0v) is 13.9. The van der Waals surface area contributed by atoms with Crippen LogP contribution in [0.2, 0.25) is 0 Å². The Labute approximate surface area is 134 Å². The summed E-state index contributed by atoms with van der Waals surface area (Å²) in [6.07, 6.45) is 2.87. The largest absolute Gasteiger partial charge is 0.356 e. The highest BCUT2D eigenvalue weighted by Crippen LogP contribution is 2.37. The Morgan fingerprint density at radius 1 is 1.36 bits per heavy atom. The van der Waals surface area contributed by atoms with Crippen LogP contribution >= 0.6 is 11.3 Å². The molecule has 2 saturated heterocycles. The highest BCUT2D eigenvalue weighted by molar-refractivity contribution is 7.16. The summed E-state index contributed by atoms with van der Waals surface area (Å²) in [7, 11) is 0. The Hall–Kier alpha value is -1.24. The summed E-state index contributed by atoms with van der Waals surface area (Å²) in [4.78, 5) is 12.9. The molecule has 0 N–H and O–H groups in total. The van der Waals surface area contributed by atoms with E-state index in [0.717, 1.165) is 48.8 Å². The van der Waals surface area contributed by atoms with Gasteiger partial charge in [0, 0.05) is 32.4 Å². The molecule has 1 spiro atoms. The van der Waals surface area contributed by atoms with Gasteiger partial charge < -0.3 is 14.4 Å². The van der Waals surface area contributed by atoms with Crippen LogP contribution in [0.1, 0.15) is 32.5 Å². The molecule has 2 aliphatic heterocycles. The molecule has 0 saturated carbocycles. The van der Waals surface area contributed by atoms with Crippen molar-refractivity contribution in [1.29, 1.82) is 0 Å². The maximum absolute atomic E-state index is 6.01. The number of hydrogen-bond acceptors (Lipinski definition) is 6. The van der Waals surface area contributed by atoms with E-state index in [0.29, 0.717) is 6.61 Å². The number of fused-ring (bicyclic) bond motifs is 1. The molecule has 2 aromatic rings. The van der Waals surface area contributed by atoms with Crippen LogP contribution in [0, 0.1) is 0 Å². The smallest absolute Gasteiger partial charge is 0.172 e. The molecule has 0 bridgehead atoms. The van der Waals surface area contributed by atoms with E-state index in [-0.39, 0.29) is 11.9 Å². The van der Waals surface area contributed by atoms with E-state index >= 15 is 0 Å². The fraction of sp³-hybridized carbons (Fsp3) is 0.625. The van der Waals surface area contributed by atoms with Crippen molar-refractivity contribution in [2.24, 2.45) is 0 Å². The van der Waals surface area contributed by atoms with E-state index in [1.165, 1.54) is 5.39 Å². The molecule has 4 rings (SSSR count). The van der Waals surface area contributed by atoms with Crippen LogP contribution in [-0.4, -0.2) is 41.6 Å². The Kier molecular flexibility index (Phi) is 3.55. The first-order valence-electron chi connectivity index (χ1n) is 8.00. The Bertz CT molecular complexity index is 679. The molecular formula is C16H21N3O2S. The first kappa shape index (κ1) is 14.4. The van der Waals surface area contributed by atoms with Gasteiger partial charge in [-0.3, -0.25) is 0 Å². The van der Waals surface area contributed by atoms with Gasteiger partial charge in [0.05, 0.1) is 18.1 Å². The summed E-state index contributed by atoms with van der Waals surface area (Å²) in [6, 6.07) is 2.13. The molecule has 2 aromatic heterocycles. The van der Waals surface area contributed by atoms with Crippen molar-refractivity contribution in [3.8, 4) is 0 Å². The van der Waals surface area contributed by atoms with Gasteiger partial charge in [0.2, 0.25) is 0 Å². The minimum atomic E-state index is -0.357. The lowest BCUT2D eigenvalue weighted by atomic mass is 10.0. The van der Waals surface area contributed by atoms with E-state index in [9.17, 15) is 0 Å². The first-order valence-corrected chi connectivity index (χ1v) is 8.88. The monoisotopic (exact) mass is 319 g/mol. The van der Waals surface area contributed by atoms with Crippen LogP contribution in [0.5, 0.6) is 0 Å². The van der Waals surface area contributed by atoms with E-state index in [1.807, 2.05) is 0 Å². The van der Waals surface area contributed by atoms with Crippen molar-refractivity contribution in [3.05, 3.63) is 17.3 Å². The minimum Gasteiger partial charge on any atom is -0.356 e. The molecule has 2 fully saturated rings. The zero-order valence-electron chi connectivity index (χ0n) is 13.0. The molecule has 22 heavy (non-hydrogen) atoms. The van der Waals surface area contributed by atoms with E-state index < -0.39 is 0 Å². The summed E-state index contributed by atoms with van der Waals surface area (Å²) in [5.74, 6) is 1.64. The lowest BCUT2D eigenvalue weighted by Crippen LogP contribution is -2.45. The van der Waals surface area contributed by atoms with Crippen molar-refractivity contribution in [2.45, 2.75) is 45.0 Å². The van der Waals surface area contributed by atoms with Crippen LogP contribution in [0.15, 0.2) is 11.4 Å². The quantitative estimate of drug-likeness (QED) is 0.851. The Morgan fingerprint density at radius 2 is 2.18 bits per heavy atom. The fourth-order valence-corrected chi connectivity index (χ4v) is 4.08. The lowest BCUT2D eigenvalue weighted by molar-refractivity contribution is -0.178. The average Bonchev–Trinajstić information content (AvgIpc) is 3.14. The van der Waals surface area contributed by atoms with Gasteiger partial charge in [-0.15, -0.1) is 11.3 Å². The maximum Gasteiger partial charge on any atom is 0.172 e. The molecule has 2 aliphatic rings. The van der Waals surface area contributed by atoms with Gasteiger partial charge in [-0.1, -0.05) is 6.92 Å². The summed E-state index contributed by atoms with van der Waals surface area (Å²) in [6.45, 7) is 6.72. The predicted molar refractivity (Wildman–Crippen MR) is 87.5 cm³/mol. The molecule has 6 heteroatoms. The van der Waals surface area contributed by atoms with E-state index in [4.69, 9.17) is 14.5 Å². The molecule has 0 radical (unpaired) electrons. The third kappa shape index (κ3) is 2.39. The number of piperidine rings is 1. The lowest BCUT2D eigenvalue weighted by Gasteiger charge is -2.38. The standard InChI is InChI=1S/C16H21N3O2S/c1-3-13-17-14(12-4-9-22-15(12)18-13)19-7-5-16(6-8-19)20-10-11(2)21-16/h4,9,11H,3,5-8,10H2,1-2H3. The number of nitrogens with zero attached hydrogens (tertiary/aromatic N) is 3. The van der Waals surface area contributed by atoms with Crippen molar-refractivity contribution in [3.63, 3.8) is 0 Å². The van der Waals surface area contributed by atoms with Crippen molar-refractivity contribution in [2.75, 3.05) is 24.6 Å². The highest BCUT2D eigenvalue weighted by Gasteiger charge is 2.42. The normalized spacial score (nSPS) is 24.5. The van der Waals surface area contributed by atoms with Crippen LogP contribution in [0.4, 0.5) is 5.82 Å². The molecule has 0 aromatic carbocycles. The second-order valence-electron chi connectivity index (χ2n) is 6.09. The average molecular weight is 319 g/mol. The van der Waals surface area contributed by atoms with Gasteiger partial charge in [-0.25, -0.2) is 9.97 Å². The van der Waals surface area contributed by atoms with Crippen LogP contribution < -0.4 is 4.90 Å². The molecule has 1 unspecified atom stereocenters. The minimum absolute atomic E-state index is 0.209. The van der Waals surface area contributed by atoms with Crippen LogP contribution in [-0.2, 0) is 15.9 Å². The van der Waals surface area contributed by atoms with Crippen LogP contribution in [0.3, 0.4) is 0 Å². The summed E-state index contributed by atoms with van der Waals surface area (Å²) >= 11 is 1.69. The number of aromatic nitrogens is 2. The zero-order chi connectivity index (χ0) is 15.2. The van der Waals surface area contributed by atoms with Crippen LogP contribution in [0.25, 0.3) is 10.2 Å². The molecule has 5 nitrogen and oxygen atoms in total. The van der Waals surface area contributed by atoms with E-state index in [2.05, 4.69) is 35.2 Å². The predicted octanol–water partition coefficient (Wildman–Crippen LogP) is 2.99. The van der Waals surface area contributed by atoms with Crippen molar-refractivity contribution < 1.29 is 9.47 Å². The maximum atomic E-state index is 6.01. The topological polar surface area (TPSA) is 47.5 Å². The van der Waals surface area contributed by atoms with Crippen molar-refractivity contribution in [1.82, 2.24) is 9.97 Å². The van der Waals surface area contributed by atoms with Gasteiger partial charge in [0.1, 0.15) is 16.5 Å². The van der Waals surface area contributed by atoms with Gasteiger partial charge in [-0.05, 0) is 18.4 Å². The summed E-state index contributed by atoms with van der Waals surface area (Å²) in [5, 5.41) is 3.26. The second-order valence-corrected chi connectivity index (χ2v) is 6.99. The molecule has 1 atom stereocenters. The number of aryl methyl sites for hydroxylation is 1. The number of thiophene rings is 1. The summed E-state index contributed by atoms with van der Waals surface area (Å²) in [5.41, 5.74) is 0. The summed E-state index contributed by atoms with van der Waals surface area (Å²) < 4.78 is 11.9. The Morgan fingerprint density at radius 3 is 2.86 bits per heavy atom. The number of anilines is 1. The highest BCUT2D eigenvalue weighted by atomic mass is 32.1. The van der Waals surface area contributed by atoms with Gasteiger partial charge in [0.25, 0.3) is 0 Å². The third-order valence-electron chi connectivity index (χ3n) is 4.49. The number of ether oxygens (including phenoxy) is 2. The van der Waals surface area contributed by atoms with Gasteiger partial charge >= 0.3 is 0 Å². The number of rotatable bonds is 2. The Balaban J connectivity index is 1.60.